The second-order valence-electron chi connectivity index (χ2n) is 4.43. The molecule has 3 nitrogen and oxygen atoms in total. The summed E-state index contributed by atoms with van der Waals surface area (Å²) in [5.41, 5.74) is -0.00403. The Morgan fingerprint density at radius 1 is 1.23 bits per heavy atom. The van der Waals surface area contributed by atoms with Gasteiger partial charge in [-0.3, -0.25) is 4.79 Å². The molecule has 0 fully saturated rings. The average Bonchev–Trinajstić information content (AvgIpc) is 2.44. The number of carbonyl (C=O) groups is 1. The Morgan fingerprint density at radius 3 is 2.14 bits per heavy atom. The monoisotopic (exact) mass is 386 g/mol. The number of carbonyl (C=O) groups excluding carboxylic acids is 1. The molecule has 0 saturated carbocycles. The molecule has 0 radical (unpaired) electrons. The van der Waals surface area contributed by atoms with Gasteiger partial charge in [0.15, 0.2) is 0 Å². The minimum atomic E-state index is -4.62. The maximum atomic E-state index is 12.5. The SMILES string of the molecule is CCCCCBr.NN(C(=O)CC(F)(F)F)c1ccc(F)cc1. The third kappa shape index (κ3) is 9.73. The van der Waals surface area contributed by atoms with E-state index >= 15 is 0 Å². The molecule has 22 heavy (non-hydrogen) atoms. The molecule has 0 spiro atoms. The molecule has 0 aliphatic carbocycles. The summed E-state index contributed by atoms with van der Waals surface area (Å²) in [7, 11) is 0. The molecule has 0 bridgehead atoms. The van der Waals surface area contributed by atoms with E-state index in [-0.39, 0.29) is 5.69 Å². The quantitative estimate of drug-likeness (QED) is 0.201. The van der Waals surface area contributed by atoms with Gasteiger partial charge >= 0.3 is 6.18 Å². The van der Waals surface area contributed by atoms with Crippen molar-refractivity contribution >= 4 is 27.5 Å². The van der Waals surface area contributed by atoms with Gasteiger partial charge in [-0.1, -0.05) is 35.7 Å². The summed E-state index contributed by atoms with van der Waals surface area (Å²) in [5.74, 6) is 3.28. The molecule has 0 saturated heterocycles. The number of hydrogen-bond donors (Lipinski definition) is 1. The fourth-order valence-electron chi connectivity index (χ4n) is 1.35. The summed E-state index contributed by atoms with van der Waals surface area (Å²) >= 11 is 3.35. The van der Waals surface area contributed by atoms with Crippen LogP contribution >= 0.6 is 15.9 Å². The molecule has 0 aromatic heterocycles. The molecule has 0 atom stereocenters. The Bertz CT molecular complexity index is 433. The fourth-order valence-corrected chi connectivity index (χ4v) is 1.74. The Kier molecular flexibility index (Phi) is 10.0. The molecule has 1 rings (SSSR count). The van der Waals surface area contributed by atoms with Crippen LogP contribution in [0, 0.1) is 5.82 Å². The summed E-state index contributed by atoms with van der Waals surface area (Å²) in [6, 6.07) is 4.22. The molecular weight excluding hydrogens is 368 g/mol. The van der Waals surface area contributed by atoms with Crippen LogP contribution in [0.1, 0.15) is 32.6 Å². The van der Waals surface area contributed by atoms with E-state index in [1.165, 1.54) is 24.6 Å². The highest BCUT2D eigenvalue weighted by molar-refractivity contribution is 9.09. The third-order valence-corrected chi connectivity index (χ3v) is 3.02. The van der Waals surface area contributed by atoms with Gasteiger partial charge in [0.05, 0.1) is 5.69 Å². The zero-order valence-corrected chi connectivity index (χ0v) is 13.8. The lowest BCUT2D eigenvalue weighted by molar-refractivity contribution is -0.151. The standard InChI is InChI=1S/C9H8F4N2O.C5H11Br/c10-6-1-3-7(4-2-6)15(14)8(16)5-9(11,12)13;1-2-3-4-5-6/h1-4H,5,14H2;2-5H2,1H3. The lowest BCUT2D eigenvalue weighted by atomic mass is 10.3. The van der Waals surface area contributed by atoms with Gasteiger partial charge in [0.25, 0.3) is 0 Å². The lowest BCUT2D eigenvalue weighted by Crippen LogP contribution is -2.39. The minimum absolute atomic E-state index is 0.00403. The van der Waals surface area contributed by atoms with Gasteiger partial charge in [-0.05, 0) is 30.7 Å². The van der Waals surface area contributed by atoms with Crippen LogP contribution in [0.25, 0.3) is 0 Å². The van der Waals surface area contributed by atoms with Crippen LogP contribution in [-0.2, 0) is 4.79 Å². The Hall–Kier alpha value is -1.15. The molecule has 126 valence electrons. The Labute approximate surface area is 135 Å². The van der Waals surface area contributed by atoms with E-state index in [0.29, 0.717) is 5.01 Å². The van der Waals surface area contributed by atoms with Crippen LogP contribution in [0.15, 0.2) is 24.3 Å². The zero-order valence-electron chi connectivity index (χ0n) is 12.2. The van der Waals surface area contributed by atoms with Gasteiger partial charge < -0.3 is 0 Å². The van der Waals surface area contributed by atoms with Crippen LogP contribution in [0.2, 0.25) is 0 Å². The second kappa shape index (κ2) is 10.6. The van der Waals surface area contributed by atoms with Crippen molar-refractivity contribution in [2.24, 2.45) is 5.84 Å². The van der Waals surface area contributed by atoms with Gasteiger partial charge in [0.1, 0.15) is 12.2 Å². The van der Waals surface area contributed by atoms with Gasteiger partial charge in [0, 0.05) is 5.33 Å². The number of unbranched alkanes of at least 4 members (excludes halogenated alkanes) is 2. The number of hydrazine groups is 1. The van der Waals surface area contributed by atoms with Crippen LogP contribution in [0.3, 0.4) is 0 Å². The predicted octanol–water partition coefficient (Wildman–Crippen LogP) is 4.56. The topological polar surface area (TPSA) is 46.3 Å². The van der Waals surface area contributed by atoms with Gasteiger partial charge in [-0.2, -0.15) is 13.2 Å². The number of nitrogens with two attached hydrogens (primary N) is 1. The highest BCUT2D eigenvalue weighted by atomic mass is 79.9. The number of anilines is 1. The zero-order chi connectivity index (χ0) is 17.2. The summed E-state index contributed by atoms with van der Waals surface area (Å²) in [6.45, 7) is 2.21. The maximum Gasteiger partial charge on any atom is 0.397 e. The summed E-state index contributed by atoms with van der Waals surface area (Å²) in [4.78, 5) is 11.0. The van der Waals surface area contributed by atoms with E-state index in [9.17, 15) is 22.4 Å². The van der Waals surface area contributed by atoms with Crippen molar-refractivity contribution in [1.29, 1.82) is 0 Å². The average molecular weight is 387 g/mol. The molecule has 2 N–H and O–H groups in total. The van der Waals surface area contributed by atoms with E-state index in [1.54, 1.807) is 0 Å². The van der Waals surface area contributed by atoms with Crippen molar-refractivity contribution in [3.05, 3.63) is 30.1 Å². The number of nitrogens with zero attached hydrogens (tertiary/aromatic N) is 1. The van der Waals surface area contributed by atoms with Crippen LogP contribution < -0.4 is 10.9 Å². The Morgan fingerprint density at radius 2 is 1.77 bits per heavy atom. The summed E-state index contributed by atoms with van der Waals surface area (Å²) < 4.78 is 48.1. The number of alkyl halides is 4. The van der Waals surface area contributed by atoms with Crippen LogP contribution in [0.4, 0.5) is 23.2 Å². The highest BCUT2D eigenvalue weighted by Gasteiger charge is 2.33. The molecule has 8 heteroatoms. The molecule has 0 aliphatic rings. The first-order valence-corrected chi connectivity index (χ1v) is 7.79. The van der Waals surface area contributed by atoms with Crippen molar-refractivity contribution in [1.82, 2.24) is 0 Å². The van der Waals surface area contributed by atoms with Crippen molar-refractivity contribution in [2.45, 2.75) is 38.8 Å². The molecular formula is C14H19BrF4N2O. The van der Waals surface area contributed by atoms with E-state index in [1.807, 2.05) is 0 Å². The molecule has 0 aliphatic heterocycles. The maximum absolute atomic E-state index is 12.5. The first kappa shape index (κ1) is 20.9. The number of rotatable bonds is 5. The van der Waals surface area contributed by atoms with Crippen LogP contribution in [-0.4, -0.2) is 17.4 Å². The van der Waals surface area contributed by atoms with E-state index in [4.69, 9.17) is 5.84 Å². The molecule has 1 aromatic carbocycles. The third-order valence-electron chi connectivity index (χ3n) is 2.46. The van der Waals surface area contributed by atoms with Gasteiger partial charge in [-0.25, -0.2) is 15.2 Å². The number of amides is 1. The molecule has 0 heterocycles. The lowest BCUT2D eigenvalue weighted by Gasteiger charge is -2.17. The largest absolute Gasteiger partial charge is 0.397 e. The normalized spacial score (nSPS) is 10.7. The van der Waals surface area contributed by atoms with Gasteiger partial charge in [-0.15, -0.1) is 0 Å². The highest BCUT2D eigenvalue weighted by Crippen LogP contribution is 2.22. The smallest absolute Gasteiger partial charge is 0.273 e. The van der Waals surface area contributed by atoms with E-state index < -0.39 is 24.3 Å². The molecule has 1 amide bonds. The minimum Gasteiger partial charge on any atom is -0.273 e. The predicted molar refractivity (Wildman–Crippen MR) is 82.1 cm³/mol. The van der Waals surface area contributed by atoms with Crippen molar-refractivity contribution in [3.63, 3.8) is 0 Å². The fraction of sp³-hybridized carbons (Fsp3) is 0.500. The number of benzene rings is 1. The Balaban J connectivity index is 0.000000626. The number of halogens is 5. The second-order valence-corrected chi connectivity index (χ2v) is 5.22. The first-order valence-electron chi connectivity index (χ1n) is 6.67. The van der Waals surface area contributed by atoms with Crippen LogP contribution in [0.5, 0.6) is 0 Å². The van der Waals surface area contributed by atoms with E-state index in [2.05, 4.69) is 22.9 Å². The molecule has 1 aromatic rings. The van der Waals surface area contributed by atoms with Crippen molar-refractivity contribution in [2.75, 3.05) is 10.3 Å². The molecule has 0 unspecified atom stereocenters. The summed E-state index contributed by atoms with van der Waals surface area (Å²) in [5, 5.41) is 1.51. The van der Waals surface area contributed by atoms with Gasteiger partial charge in [0.2, 0.25) is 5.91 Å². The first-order chi connectivity index (χ1) is 10.2. The van der Waals surface area contributed by atoms with E-state index in [0.717, 1.165) is 24.3 Å². The number of hydrogen-bond acceptors (Lipinski definition) is 2. The van der Waals surface area contributed by atoms with Crippen molar-refractivity contribution < 1.29 is 22.4 Å². The van der Waals surface area contributed by atoms with Crippen molar-refractivity contribution in [3.8, 4) is 0 Å². The summed E-state index contributed by atoms with van der Waals surface area (Å²) in [6.07, 6.45) is -2.25.